The molecule has 0 amide bonds. The summed E-state index contributed by atoms with van der Waals surface area (Å²) in [5.74, 6) is -0.130. The van der Waals surface area contributed by atoms with Gasteiger partial charge >= 0.3 is 5.97 Å². The van der Waals surface area contributed by atoms with Crippen molar-refractivity contribution < 1.29 is 18.3 Å². The van der Waals surface area contributed by atoms with Crippen LogP contribution in [0.2, 0.25) is 0 Å². The lowest BCUT2D eigenvalue weighted by atomic mass is 9.97. The Hall–Kier alpha value is -0.660. The summed E-state index contributed by atoms with van der Waals surface area (Å²) in [6.07, 6.45) is 4.31. The minimum absolute atomic E-state index is 0.148. The molecule has 2 atom stereocenters. The van der Waals surface area contributed by atoms with Gasteiger partial charge in [-0.15, -0.1) is 0 Å². The van der Waals surface area contributed by atoms with Crippen LogP contribution in [-0.4, -0.2) is 43.4 Å². The SMILES string of the molecule is CCC(CCNS(=O)(=O)N1CCCC(C)C1)CCC(=O)O. The third kappa shape index (κ3) is 6.76. The molecule has 1 fully saturated rings. The van der Waals surface area contributed by atoms with Crippen LogP contribution in [0.3, 0.4) is 0 Å². The maximum atomic E-state index is 12.2. The zero-order valence-electron chi connectivity index (χ0n) is 13.0. The Bertz CT molecular complexity index is 425. The van der Waals surface area contributed by atoms with E-state index in [1.165, 1.54) is 4.31 Å². The summed E-state index contributed by atoms with van der Waals surface area (Å²) in [4.78, 5) is 10.6. The van der Waals surface area contributed by atoms with Crippen molar-refractivity contribution in [1.82, 2.24) is 9.03 Å². The van der Waals surface area contributed by atoms with Crippen molar-refractivity contribution in [1.29, 1.82) is 0 Å². The van der Waals surface area contributed by atoms with Crippen LogP contribution in [0.15, 0.2) is 0 Å². The molecule has 0 aromatic rings. The van der Waals surface area contributed by atoms with E-state index in [0.717, 1.165) is 19.3 Å². The van der Waals surface area contributed by atoms with Crippen LogP contribution in [0, 0.1) is 11.8 Å². The van der Waals surface area contributed by atoms with Crippen LogP contribution in [0.5, 0.6) is 0 Å². The van der Waals surface area contributed by atoms with Crippen molar-refractivity contribution in [2.75, 3.05) is 19.6 Å². The zero-order valence-corrected chi connectivity index (χ0v) is 13.9. The van der Waals surface area contributed by atoms with E-state index < -0.39 is 16.2 Å². The molecule has 1 saturated heterocycles. The first-order valence-corrected chi connectivity index (χ1v) is 9.25. The van der Waals surface area contributed by atoms with E-state index in [1.54, 1.807) is 0 Å². The molecule has 1 aliphatic heterocycles. The van der Waals surface area contributed by atoms with Gasteiger partial charge in [-0.2, -0.15) is 12.7 Å². The van der Waals surface area contributed by atoms with Gasteiger partial charge in [0, 0.05) is 26.1 Å². The molecule has 0 aromatic heterocycles. The highest BCUT2D eigenvalue weighted by atomic mass is 32.2. The first kappa shape index (κ1) is 18.4. The number of carbonyl (C=O) groups is 1. The number of carboxylic acid groups (broad SMARTS) is 1. The fourth-order valence-electron chi connectivity index (χ4n) is 2.73. The average Bonchev–Trinajstić information content (AvgIpc) is 2.42. The van der Waals surface area contributed by atoms with Gasteiger partial charge < -0.3 is 5.11 Å². The summed E-state index contributed by atoms with van der Waals surface area (Å²) in [6.45, 7) is 5.64. The van der Waals surface area contributed by atoms with Crippen molar-refractivity contribution in [3.05, 3.63) is 0 Å². The molecule has 1 rings (SSSR count). The molecule has 0 spiro atoms. The monoisotopic (exact) mass is 320 g/mol. The van der Waals surface area contributed by atoms with E-state index in [0.29, 0.717) is 38.4 Å². The topological polar surface area (TPSA) is 86.7 Å². The fraction of sp³-hybridized carbons (Fsp3) is 0.929. The first-order chi connectivity index (χ1) is 9.85. The van der Waals surface area contributed by atoms with Crippen molar-refractivity contribution in [3.63, 3.8) is 0 Å². The normalized spacial score (nSPS) is 22.1. The number of nitrogens with zero attached hydrogens (tertiary/aromatic N) is 1. The van der Waals surface area contributed by atoms with Gasteiger partial charge in [-0.25, -0.2) is 4.72 Å². The number of nitrogens with one attached hydrogen (secondary N) is 1. The van der Waals surface area contributed by atoms with Gasteiger partial charge in [0.2, 0.25) is 0 Å². The quantitative estimate of drug-likeness (QED) is 0.678. The molecule has 124 valence electrons. The number of carboxylic acids is 1. The Balaban J connectivity index is 2.36. The molecule has 21 heavy (non-hydrogen) atoms. The highest BCUT2D eigenvalue weighted by Crippen LogP contribution is 2.18. The molecule has 0 saturated carbocycles. The molecule has 2 unspecified atom stereocenters. The molecule has 0 radical (unpaired) electrons. The van der Waals surface area contributed by atoms with Gasteiger partial charge in [-0.3, -0.25) is 4.79 Å². The minimum Gasteiger partial charge on any atom is -0.481 e. The number of rotatable bonds is 9. The molecule has 0 bridgehead atoms. The van der Waals surface area contributed by atoms with Gasteiger partial charge in [0.25, 0.3) is 10.2 Å². The lowest BCUT2D eigenvalue weighted by molar-refractivity contribution is -0.137. The Morgan fingerprint density at radius 1 is 1.43 bits per heavy atom. The van der Waals surface area contributed by atoms with Crippen molar-refractivity contribution >= 4 is 16.2 Å². The van der Waals surface area contributed by atoms with Crippen LogP contribution in [0.4, 0.5) is 0 Å². The van der Waals surface area contributed by atoms with E-state index in [9.17, 15) is 13.2 Å². The summed E-state index contributed by atoms with van der Waals surface area (Å²) in [5, 5.41) is 8.69. The Labute approximate surface area is 128 Å². The minimum atomic E-state index is -3.38. The largest absolute Gasteiger partial charge is 0.481 e. The number of hydrogen-bond donors (Lipinski definition) is 2. The van der Waals surface area contributed by atoms with Crippen LogP contribution >= 0.6 is 0 Å². The summed E-state index contributed by atoms with van der Waals surface area (Å²) < 4.78 is 28.6. The first-order valence-electron chi connectivity index (χ1n) is 7.81. The average molecular weight is 320 g/mol. The van der Waals surface area contributed by atoms with E-state index in [2.05, 4.69) is 11.6 Å². The molecule has 0 aromatic carbocycles. The molecule has 1 heterocycles. The molecular weight excluding hydrogens is 292 g/mol. The molecule has 1 aliphatic rings. The predicted octanol–water partition coefficient (Wildman–Crippen LogP) is 1.83. The summed E-state index contributed by atoms with van der Waals surface area (Å²) in [5.41, 5.74) is 0. The van der Waals surface area contributed by atoms with E-state index >= 15 is 0 Å². The molecule has 6 nitrogen and oxygen atoms in total. The lowest BCUT2D eigenvalue weighted by Crippen LogP contribution is -2.45. The van der Waals surface area contributed by atoms with E-state index in [4.69, 9.17) is 5.11 Å². The maximum absolute atomic E-state index is 12.2. The Morgan fingerprint density at radius 2 is 2.14 bits per heavy atom. The van der Waals surface area contributed by atoms with Crippen LogP contribution in [0.1, 0.15) is 52.4 Å². The summed E-state index contributed by atoms with van der Waals surface area (Å²) >= 11 is 0. The highest BCUT2D eigenvalue weighted by molar-refractivity contribution is 7.87. The predicted molar refractivity (Wildman–Crippen MR) is 82.2 cm³/mol. The van der Waals surface area contributed by atoms with Crippen molar-refractivity contribution in [3.8, 4) is 0 Å². The lowest BCUT2D eigenvalue weighted by Gasteiger charge is -2.30. The van der Waals surface area contributed by atoms with Gasteiger partial charge in [0.1, 0.15) is 0 Å². The number of hydrogen-bond acceptors (Lipinski definition) is 3. The van der Waals surface area contributed by atoms with Crippen LogP contribution < -0.4 is 4.72 Å². The summed E-state index contributed by atoms with van der Waals surface area (Å²) in [7, 11) is -3.38. The third-order valence-corrected chi connectivity index (χ3v) is 5.72. The third-order valence-electron chi connectivity index (χ3n) is 4.14. The van der Waals surface area contributed by atoms with Crippen molar-refractivity contribution in [2.24, 2.45) is 11.8 Å². The maximum Gasteiger partial charge on any atom is 0.303 e. The molecule has 7 heteroatoms. The van der Waals surface area contributed by atoms with E-state index in [1.807, 2.05) is 6.92 Å². The van der Waals surface area contributed by atoms with E-state index in [-0.39, 0.29) is 12.3 Å². The van der Waals surface area contributed by atoms with Gasteiger partial charge in [0.05, 0.1) is 0 Å². The highest BCUT2D eigenvalue weighted by Gasteiger charge is 2.26. The number of piperidine rings is 1. The van der Waals surface area contributed by atoms with Crippen LogP contribution in [0.25, 0.3) is 0 Å². The smallest absolute Gasteiger partial charge is 0.303 e. The molecule has 0 aliphatic carbocycles. The second-order valence-electron chi connectivity index (χ2n) is 6.00. The Morgan fingerprint density at radius 3 is 2.71 bits per heavy atom. The van der Waals surface area contributed by atoms with Crippen molar-refractivity contribution in [2.45, 2.75) is 52.4 Å². The van der Waals surface area contributed by atoms with Gasteiger partial charge in [-0.05, 0) is 37.5 Å². The van der Waals surface area contributed by atoms with Gasteiger partial charge in [0.15, 0.2) is 0 Å². The van der Waals surface area contributed by atoms with Crippen LogP contribution in [-0.2, 0) is 15.0 Å². The second-order valence-corrected chi connectivity index (χ2v) is 7.76. The van der Waals surface area contributed by atoms with Gasteiger partial charge in [-0.1, -0.05) is 20.3 Å². The second kappa shape index (κ2) is 8.70. The summed E-state index contributed by atoms with van der Waals surface area (Å²) in [6, 6.07) is 0. The Kier molecular flexibility index (Phi) is 7.62. The standard InChI is InChI=1S/C14H28N2O4S/c1-3-13(6-7-14(17)18)8-9-15-21(19,20)16-10-4-5-12(2)11-16/h12-13,15H,3-11H2,1-2H3,(H,17,18). The molecular formula is C14H28N2O4S. The number of aliphatic carboxylic acids is 1. The molecule has 2 N–H and O–H groups in total. The zero-order chi connectivity index (χ0) is 15.9. The fourth-order valence-corrected chi connectivity index (χ4v) is 4.11.